The number of nitrogens with one attached hydrogen (secondary N) is 3. The number of hydrogen-bond acceptors (Lipinski definition) is 3. The molecule has 1 atom stereocenters. The van der Waals surface area contributed by atoms with Gasteiger partial charge in [0.15, 0.2) is 0 Å². The zero-order valence-electron chi connectivity index (χ0n) is 9.92. The molecule has 3 N–H and O–H groups in total. The molecule has 1 aromatic rings. The van der Waals surface area contributed by atoms with E-state index in [1.807, 2.05) is 25.1 Å². The van der Waals surface area contributed by atoms with Crippen LogP contribution in [0.4, 0.5) is 5.69 Å². The SMILES string of the molecule is Cc1cc(Br)ccc1NC(=O)C1CNC(=O)CN1. The molecule has 0 aliphatic carbocycles. The van der Waals surface area contributed by atoms with Gasteiger partial charge in [-0.2, -0.15) is 0 Å². The molecule has 0 bridgehead atoms. The van der Waals surface area contributed by atoms with Crippen molar-refractivity contribution in [2.75, 3.05) is 18.4 Å². The van der Waals surface area contributed by atoms with E-state index < -0.39 is 0 Å². The van der Waals surface area contributed by atoms with E-state index in [9.17, 15) is 9.59 Å². The highest BCUT2D eigenvalue weighted by Gasteiger charge is 2.23. The fourth-order valence-corrected chi connectivity index (χ4v) is 2.21. The van der Waals surface area contributed by atoms with Gasteiger partial charge in [-0.05, 0) is 30.7 Å². The number of aryl methyl sites for hydroxylation is 1. The van der Waals surface area contributed by atoms with Gasteiger partial charge >= 0.3 is 0 Å². The van der Waals surface area contributed by atoms with Crippen molar-refractivity contribution in [1.82, 2.24) is 10.6 Å². The van der Waals surface area contributed by atoms with Crippen LogP contribution in [0.15, 0.2) is 22.7 Å². The maximum Gasteiger partial charge on any atom is 0.243 e. The van der Waals surface area contributed by atoms with Crippen LogP contribution in [0.3, 0.4) is 0 Å². The number of anilines is 1. The number of rotatable bonds is 2. The molecule has 0 aromatic heterocycles. The molecule has 18 heavy (non-hydrogen) atoms. The van der Waals surface area contributed by atoms with Crippen molar-refractivity contribution >= 4 is 33.4 Å². The molecule has 0 spiro atoms. The second kappa shape index (κ2) is 5.49. The highest BCUT2D eigenvalue weighted by Crippen LogP contribution is 2.20. The van der Waals surface area contributed by atoms with E-state index in [0.29, 0.717) is 6.54 Å². The Morgan fingerprint density at radius 2 is 2.28 bits per heavy atom. The van der Waals surface area contributed by atoms with Gasteiger partial charge in [0.1, 0.15) is 6.04 Å². The van der Waals surface area contributed by atoms with Crippen LogP contribution in [0.2, 0.25) is 0 Å². The summed E-state index contributed by atoms with van der Waals surface area (Å²) in [6.07, 6.45) is 0. The number of amides is 2. The Morgan fingerprint density at radius 1 is 1.50 bits per heavy atom. The van der Waals surface area contributed by atoms with Crippen molar-refractivity contribution in [3.05, 3.63) is 28.2 Å². The van der Waals surface area contributed by atoms with Crippen LogP contribution >= 0.6 is 15.9 Å². The Balaban J connectivity index is 2.00. The number of hydrogen-bond donors (Lipinski definition) is 3. The summed E-state index contributed by atoms with van der Waals surface area (Å²) >= 11 is 3.37. The van der Waals surface area contributed by atoms with Crippen LogP contribution in [0.5, 0.6) is 0 Å². The topological polar surface area (TPSA) is 70.2 Å². The lowest BCUT2D eigenvalue weighted by Gasteiger charge is -2.23. The van der Waals surface area contributed by atoms with Gasteiger partial charge in [0, 0.05) is 16.7 Å². The molecular weight excluding hydrogens is 298 g/mol. The first-order valence-corrected chi connectivity index (χ1v) is 6.42. The Labute approximate surface area is 113 Å². The largest absolute Gasteiger partial charge is 0.353 e. The monoisotopic (exact) mass is 311 g/mol. The van der Waals surface area contributed by atoms with E-state index in [4.69, 9.17) is 0 Å². The highest BCUT2D eigenvalue weighted by atomic mass is 79.9. The summed E-state index contributed by atoms with van der Waals surface area (Å²) in [7, 11) is 0. The zero-order valence-corrected chi connectivity index (χ0v) is 11.5. The van der Waals surface area contributed by atoms with Crippen LogP contribution in [0.1, 0.15) is 5.56 Å². The standard InChI is InChI=1S/C12H14BrN3O2/c1-7-4-8(13)2-3-9(7)16-12(18)10-5-15-11(17)6-14-10/h2-4,10,14H,5-6H2,1H3,(H,15,17)(H,16,18). The minimum Gasteiger partial charge on any atom is -0.353 e. The van der Waals surface area contributed by atoms with E-state index in [-0.39, 0.29) is 24.4 Å². The fraction of sp³-hybridized carbons (Fsp3) is 0.333. The Hall–Kier alpha value is -1.40. The summed E-state index contributed by atoms with van der Waals surface area (Å²) in [5.74, 6) is -0.223. The summed E-state index contributed by atoms with van der Waals surface area (Å²) < 4.78 is 0.973. The van der Waals surface area contributed by atoms with E-state index >= 15 is 0 Å². The Bertz CT molecular complexity index is 480. The lowest BCUT2D eigenvalue weighted by molar-refractivity contribution is -0.124. The molecule has 1 aromatic carbocycles. The molecule has 5 nitrogen and oxygen atoms in total. The lowest BCUT2D eigenvalue weighted by Crippen LogP contribution is -2.56. The van der Waals surface area contributed by atoms with Gasteiger partial charge in [-0.1, -0.05) is 15.9 Å². The van der Waals surface area contributed by atoms with Crippen molar-refractivity contribution in [1.29, 1.82) is 0 Å². The summed E-state index contributed by atoms with van der Waals surface area (Å²) in [6.45, 7) is 2.42. The van der Waals surface area contributed by atoms with Crippen LogP contribution < -0.4 is 16.0 Å². The molecule has 6 heteroatoms. The van der Waals surface area contributed by atoms with Crippen LogP contribution in [-0.4, -0.2) is 30.9 Å². The molecule has 1 heterocycles. The van der Waals surface area contributed by atoms with Crippen LogP contribution in [0, 0.1) is 6.92 Å². The average molecular weight is 312 g/mol. The Kier molecular flexibility index (Phi) is 3.98. The molecule has 0 saturated carbocycles. The third-order valence-corrected chi connectivity index (χ3v) is 3.27. The summed E-state index contributed by atoms with van der Waals surface area (Å²) in [4.78, 5) is 22.9. The van der Waals surface area contributed by atoms with E-state index in [0.717, 1.165) is 15.7 Å². The quantitative estimate of drug-likeness (QED) is 0.756. The molecule has 1 aliphatic heterocycles. The van der Waals surface area contributed by atoms with Crippen molar-refractivity contribution in [3.63, 3.8) is 0 Å². The van der Waals surface area contributed by atoms with E-state index in [1.165, 1.54) is 0 Å². The number of halogens is 1. The molecule has 1 fully saturated rings. The predicted octanol–water partition coefficient (Wildman–Crippen LogP) is 0.784. The van der Waals surface area contributed by atoms with Gasteiger partial charge in [-0.3, -0.25) is 14.9 Å². The number of benzene rings is 1. The van der Waals surface area contributed by atoms with Gasteiger partial charge in [0.25, 0.3) is 0 Å². The molecule has 1 aliphatic rings. The average Bonchev–Trinajstić information content (AvgIpc) is 2.33. The number of carbonyl (C=O) groups is 2. The lowest BCUT2D eigenvalue weighted by atomic mass is 10.1. The summed E-state index contributed by atoms with van der Waals surface area (Å²) in [6, 6.07) is 5.27. The van der Waals surface area contributed by atoms with Crippen LogP contribution in [-0.2, 0) is 9.59 Å². The molecule has 2 rings (SSSR count). The molecule has 96 valence electrons. The third kappa shape index (κ3) is 3.08. The molecular formula is C12H14BrN3O2. The van der Waals surface area contributed by atoms with Crippen molar-refractivity contribution in [2.24, 2.45) is 0 Å². The van der Waals surface area contributed by atoms with Crippen LogP contribution in [0.25, 0.3) is 0 Å². The second-order valence-electron chi connectivity index (χ2n) is 4.19. The first kappa shape index (κ1) is 13.0. The van der Waals surface area contributed by atoms with Crippen molar-refractivity contribution < 1.29 is 9.59 Å². The van der Waals surface area contributed by atoms with E-state index in [1.54, 1.807) is 0 Å². The fourth-order valence-electron chi connectivity index (χ4n) is 1.74. The highest BCUT2D eigenvalue weighted by molar-refractivity contribution is 9.10. The smallest absolute Gasteiger partial charge is 0.243 e. The zero-order chi connectivity index (χ0) is 13.1. The van der Waals surface area contributed by atoms with E-state index in [2.05, 4.69) is 31.9 Å². The first-order chi connectivity index (χ1) is 8.56. The number of piperazine rings is 1. The van der Waals surface area contributed by atoms with Crippen molar-refractivity contribution in [2.45, 2.75) is 13.0 Å². The van der Waals surface area contributed by atoms with Crippen molar-refractivity contribution in [3.8, 4) is 0 Å². The maximum absolute atomic E-state index is 12.0. The maximum atomic E-state index is 12.0. The van der Waals surface area contributed by atoms with Gasteiger partial charge in [0.05, 0.1) is 6.54 Å². The minimum absolute atomic E-state index is 0.0844. The van der Waals surface area contributed by atoms with Gasteiger partial charge in [-0.25, -0.2) is 0 Å². The number of carbonyl (C=O) groups excluding carboxylic acids is 2. The van der Waals surface area contributed by atoms with Gasteiger partial charge in [0.2, 0.25) is 11.8 Å². The van der Waals surface area contributed by atoms with Gasteiger partial charge < -0.3 is 10.6 Å². The van der Waals surface area contributed by atoms with Gasteiger partial charge in [-0.15, -0.1) is 0 Å². The summed E-state index contributed by atoms with van der Waals surface area (Å²) in [5, 5.41) is 8.39. The normalized spacial score (nSPS) is 19.2. The molecule has 1 saturated heterocycles. The molecule has 1 unspecified atom stereocenters. The second-order valence-corrected chi connectivity index (χ2v) is 5.10. The first-order valence-electron chi connectivity index (χ1n) is 5.63. The summed E-state index contributed by atoms with van der Waals surface area (Å²) in [5.41, 5.74) is 1.76. The third-order valence-electron chi connectivity index (χ3n) is 2.78. The molecule has 0 radical (unpaired) electrons. The molecule has 2 amide bonds. The predicted molar refractivity (Wildman–Crippen MR) is 72.3 cm³/mol. The minimum atomic E-state index is -0.384. The Morgan fingerprint density at radius 3 is 2.89 bits per heavy atom.